The first kappa shape index (κ1) is 20.5. The second-order valence-corrected chi connectivity index (χ2v) is 11.1. The molecule has 0 atom stereocenters. The zero-order valence-electron chi connectivity index (χ0n) is 21.4. The molecule has 0 amide bonds. The molecule has 2 heterocycles. The van der Waals surface area contributed by atoms with Gasteiger partial charge in [0.25, 0.3) is 0 Å². The average Bonchev–Trinajstić information content (AvgIpc) is 3.28. The molecule has 0 saturated carbocycles. The normalized spacial score (nSPS) is 13.4. The molecule has 3 aliphatic rings. The zero-order chi connectivity index (χ0) is 25.1. The SMILES string of the molecule is Cc1ccc(N2c3ccc(C)cc3B3c4c(cccc42)-c2ccc4c5c(ccc3c25)-c2ccccc2-4)cc1. The fraction of sp³-hybridized carbons (Fsp3) is 0.0556. The van der Waals surface area contributed by atoms with Crippen molar-refractivity contribution in [1.29, 1.82) is 0 Å². The van der Waals surface area contributed by atoms with Crippen LogP contribution in [0.25, 0.3) is 44.2 Å². The Morgan fingerprint density at radius 3 is 1.89 bits per heavy atom. The van der Waals surface area contributed by atoms with Crippen LogP contribution < -0.4 is 21.3 Å². The van der Waals surface area contributed by atoms with Crippen LogP contribution in [0, 0.1) is 13.8 Å². The maximum Gasteiger partial charge on any atom is 0.248 e. The molecule has 6 aromatic carbocycles. The monoisotopic (exact) mass is 481 g/mol. The molecular weight excluding hydrogens is 457 g/mol. The van der Waals surface area contributed by atoms with Gasteiger partial charge in [-0.15, -0.1) is 0 Å². The summed E-state index contributed by atoms with van der Waals surface area (Å²) in [5.41, 5.74) is 18.8. The number of anilines is 3. The van der Waals surface area contributed by atoms with Crippen LogP contribution in [-0.4, -0.2) is 6.71 Å². The molecule has 0 spiro atoms. The number of nitrogens with zero attached hydrogens (tertiary/aromatic N) is 1. The van der Waals surface area contributed by atoms with E-state index in [-0.39, 0.29) is 6.71 Å². The molecule has 2 aliphatic heterocycles. The predicted octanol–water partition coefficient (Wildman–Crippen LogP) is 7.38. The minimum atomic E-state index is 0.207. The van der Waals surface area contributed by atoms with Gasteiger partial charge in [0.2, 0.25) is 6.71 Å². The first-order valence-corrected chi connectivity index (χ1v) is 13.5. The molecule has 1 aliphatic carbocycles. The van der Waals surface area contributed by atoms with Crippen LogP contribution >= 0.6 is 0 Å². The number of hydrogen-bond donors (Lipinski definition) is 0. The second kappa shape index (κ2) is 7.05. The highest BCUT2D eigenvalue weighted by atomic mass is 15.1. The van der Waals surface area contributed by atoms with E-state index in [0.717, 1.165) is 0 Å². The summed E-state index contributed by atoms with van der Waals surface area (Å²) < 4.78 is 0. The highest BCUT2D eigenvalue weighted by molar-refractivity contribution is 7.01. The Hall–Kier alpha value is -4.56. The maximum absolute atomic E-state index is 2.47. The van der Waals surface area contributed by atoms with Crippen molar-refractivity contribution >= 4 is 50.9 Å². The van der Waals surface area contributed by atoms with Crippen LogP contribution in [0.4, 0.5) is 17.1 Å². The van der Waals surface area contributed by atoms with E-state index < -0.39 is 0 Å². The first-order chi connectivity index (χ1) is 18.7. The van der Waals surface area contributed by atoms with Gasteiger partial charge in [0.15, 0.2) is 0 Å². The molecule has 0 bridgehead atoms. The molecule has 0 saturated heterocycles. The van der Waals surface area contributed by atoms with Gasteiger partial charge in [-0.1, -0.05) is 102 Å². The molecule has 38 heavy (non-hydrogen) atoms. The summed E-state index contributed by atoms with van der Waals surface area (Å²) in [4.78, 5) is 2.47. The van der Waals surface area contributed by atoms with Crippen molar-refractivity contribution < 1.29 is 0 Å². The number of benzene rings is 6. The van der Waals surface area contributed by atoms with Crippen molar-refractivity contribution in [2.45, 2.75) is 13.8 Å². The van der Waals surface area contributed by atoms with Crippen molar-refractivity contribution in [3.63, 3.8) is 0 Å². The molecule has 0 fully saturated rings. The van der Waals surface area contributed by atoms with Crippen LogP contribution in [0.2, 0.25) is 0 Å². The summed E-state index contributed by atoms with van der Waals surface area (Å²) in [6.07, 6.45) is 0. The Bertz CT molecular complexity index is 1970. The fourth-order valence-electron chi connectivity index (χ4n) is 7.36. The Balaban J connectivity index is 1.42. The quantitative estimate of drug-likeness (QED) is 0.221. The molecule has 0 aromatic heterocycles. The molecule has 0 unspecified atom stereocenters. The molecular formula is C36H24BN. The number of fused-ring (bicyclic) bond motifs is 7. The third-order valence-electron chi connectivity index (χ3n) is 8.94. The summed E-state index contributed by atoms with van der Waals surface area (Å²) in [5.74, 6) is 0. The van der Waals surface area contributed by atoms with E-state index in [1.165, 1.54) is 88.7 Å². The fourth-order valence-corrected chi connectivity index (χ4v) is 7.36. The van der Waals surface area contributed by atoms with Gasteiger partial charge in [0.1, 0.15) is 0 Å². The van der Waals surface area contributed by atoms with E-state index in [2.05, 4.69) is 128 Å². The highest BCUT2D eigenvalue weighted by Gasteiger charge is 2.41. The third kappa shape index (κ3) is 2.43. The smallest absolute Gasteiger partial charge is 0.248 e. The van der Waals surface area contributed by atoms with Crippen molar-refractivity contribution in [3.8, 4) is 33.4 Å². The van der Waals surface area contributed by atoms with Crippen LogP contribution in [0.3, 0.4) is 0 Å². The van der Waals surface area contributed by atoms with Crippen LogP contribution in [0.5, 0.6) is 0 Å². The summed E-state index contributed by atoms with van der Waals surface area (Å²) in [6.45, 7) is 4.58. The predicted molar refractivity (Wildman–Crippen MR) is 163 cm³/mol. The first-order valence-electron chi connectivity index (χ1n) is 13.5. The Kier molecular flexibility index (Phi) is 3.80. The second-order valence-electron chi connectivity index (χ2n) is 11.1. The van der Waals surface area contributed by atoms with Crippen LogP contribution in [0.15, 0.2) is 109 Å². The summed E-state index contributed by atoms with van der Waals surface area (Å²) in [7, 11) is 0. The lowest BCUT2D eigenvalue weighted by molar-refractivity contribution is 1.28. The minimum Gasteiger partial charge on any atom is -0.312 e. The molecule has 176 valence electrons. The van der Waals surface area contributed by atoms with Gasteiger partial charge < -0.3 is 4.90 Å². The molecule has 1 nitrogen and oxygen atoms in total. The molecule has 0 N–H and O–H groups in total. The number of hydrogen-bond acceptors (Lipinski definition) is 1. The summed E-state index contributed by atoms with van der Waals surface area (Å²) in [5, 5.41) is 2.86. The van der Waals surface area contributed by atoms with Gasteiger partial charge >= 0.3 is 0 Å². The van der Waals surface area contributed by atoms with E-state index in [1.54, 1.807) is 0 Å². The molecule has 6 aromatic rings. The lowest BCUT2D eigenvalue weighted by atomic mass is 9.32. The van der Waals surface area contributed by atoms with Crippen molar-refractivity contribution in [2.24, 2.45) is 0 Å². The third-order valence-corrected chi connectivity index (χ3v) is 8.94. The van der Waals surface area contributed by atoms with E-state index >= 15 is 0 Å². The minimum absolute atomic E-state index is 0.207. The van der Waals surface area contributed by atoms with Crippen LogP contribution in [-0.2, 0) is 0 Å². The van der Waals surface area contributed by atoms with Gasteiger partial charge in [-0.05, 0) is 93.2 Å². The van der Waals surface area contributed by atoms with Crippen LogP contribution in [0.1, 0.15) is 11.1 Å². The lowest BCUT2D eigenvalue weighted by Crippen LogP contribution is -2.59. The van der Waals surface area contributed by atoms with Crippen molar-refractivity contribution in [2.75, 3.05) is 4.90 Å². The number of aryl methyl sites for hydroxylation is 2. The van der Waals surface area contributed by atoms with E-state index in [4.69, 9.17) is 0 Å². The average molecular weight is 481 g/mol. The standard InChI is InChI=1S/C36H24BN/c1-21-10-13-23(14-11-21)38-32-19-12-22(2)20-31(32)37-30-18-17-27-25-7-4-3-6-24(25)26-15-16-28(35(30)34(26)27)29-8-5-9-33(38)36(29)37/h3-20H,1-2H3. The van der Waals surface area contributed by atoms with Gasteiger partial charge in [-0.2, -0.15) is 0 Å². The Labute approximate surface area is 223 Å². The molecule has 0 radical (unpaired) electrons. The highest BCUT2D eigenvalue weighted by Crippen LogP contribution is 2.50. The summed E-state index contributed by atoms with van der Waals surface area (Å²) >= 11 is 0. The van der Waals surface area contributed by atoms with Gasteiger partial charge in [-0.3, -0.25) is 0 Å². The maximum atomic E-state index is 2.47. The van der Waals surface area contributed by atoms with Gasteiger partial charge in [0, 0.05) is 17.1 Å². The van der Waals surface area contributed by atoms with Gasteiger partial charge in [-0.25, -0.2) is 0 Å². The molecule has 9 rings (SSSR count). The van der Waals surface area contributed by atoms with E-state index in [1.807, 2.05) is 0 Å². The zero-order valence-corrected chi connectivity index (χ0v) is 21.4. The van der Waals surface area contributed by atoms with Crippen molar-refractivity contribution in [1.82, 2.24) is 0 Å². The Morgan fingerprint density at radius 1 is 0.474 bits per heavy atom. The lowest BCUT2D eigenvalue weighted by Gasteiger charge is -2.40. The topological polar surface area (TPSA) is 3.24 Å². The number of rotatable bonds is 1. The van der Waals surface area contributed by atoms with Gasteiger partial charge in [0.05, 0.1) is 0 Å². The van der Waals surface area contributed by atoms with Crippen molar-refractivity contribution in [3.05, 3.63) is 120 Å². The largest absolute Gasteiger partial charge is 0.312 e. The summed E-state index contributed by atoms with van der Waals surface area (Å²) in [6, 6.07) is 41.3. The van der Waals surface area contributed by atoms with E-state index in [0.29, 0.717) is 0 Å². The van der Waals surface area contributed by atoms with E-state index in [9.17, 15) is 0 Å². The Morgan fingerprint density at radius 2 is 1.13 bits per heavy atom. The molecule has 2 heteroatoms.